The van der Waals surface area contributed by atoms with Gasteiger partial charge in [0, 0.05) is 19.3 Å². The van der Waals surface area contributed by atoms with Gasteiger partial charge in [-0.05, 0) is 25.5 Å². The van der Waals surface area contributed by atoms with Crippen molar-refractivity contribution >= 4 is 11.5 Å². The third kappa shape index (κ3) is 2.99. The van der Waals surface area contributed by atoms with E-state index in [4.69, 9.17) is 10.5 Å². The Kier molecular flexibility index (Phi) is 4.40. The molecular weight excluding hydrogens is 252 g/mol. The molecule has 0 aliphatic rings. The summed E-state index contributed by atoms with van der Waals surface area (Å²) in [5.41, 5.74) is 8.78. The summed E-state index contributed by atoms with van der Waals surface area (Å²) in [6, 6.07) is 7.84. The van der Waals surface area contributed by atoms with Crippen LogP contribution in [0.25, 0.3) is 0 Å². The van der Waals surface area contributed by atoms with E-state index in [1.807, 2.05) is 50.1 Å². The van der Waals surface area contributed by atoms with E-state index in [1.54, 1.807) is 0 Å². The van der Waals surface area contributed by atoms with E-state index in [0.29, 0.717) is 19.0 Å². The van der Waals surface area contributed by atoms with Crippen LogP contribution in [0.15, 0.2) is 30.6 Å². The summed E-state index contributed by atoms with van der Waals surface area (Å²) in [6.07, 6.45) is 1.53. The second kappa shape index (κ2) is 6.23. The number of nitrogens with zero attached hydrogens (tertiary/aromatic N) is 3. The summed E-state index contributed by atoms with van der Waals surface area (Å²) in [7, 11) is 1.98. The lowest BCUT2D eigenvalue weighted by atomic mass is 10.1. The summed E-state index contributed by atoms with van der Waals surface area (Å²) in [5.74, 6) is 1.48. The highest BCUT2D eigenvalue weighted by Crippen LogP contribution is 2.25. The van der Waals surface area contributed by atoms with Gasteiger partial charge < -0.3 is 15.4 Å². The fraction of sp³-hybridized carbons (Fsp3) is 0.333. The molecule has 1 heterocycles. The molecule has 1 aromatic carbocycles. The molecule has 20 heavy (non-hydrogen) atoms. The molecule has 0 saturated carbocycles. The molecule has 0 amide bonds. The molecule has 0 spiro atoms. The number of rotatable bonds is 5. The third-order valence-corrected chi connectivity index (χ3v) is 3.12. The molecule has 0 aliphatic carbocycles. The minimum Gasteiger partial charge on any atom is -0.478 e. The van der Waals surface area contributed by atoms with Crippen molar-refractivity contribution < 1.29 is 4.74 Å². The zero-order valence-corrected chi connectivity index (χ0v) is 12.1. The van der Waals surface area contributed by atoms with Gasteiger partial charge in [-0.15, -0.1) is 0 Å². The normalized spacial score (nSPS) is 10.3. The van der Waals surface area contributed by atoms with Gasteiger partial charge in [0.25, 0.3) is 0 Å². The number of anilines is 2. The van der Waals surface area contributed by atoms with Crippen LogP contribution in [-0.2, 0) is 6.54 Å². The predicted molar refractivity (Wildman–Crippen MR) is 80.9 cm³/mol. The molecule has 2 rings (SSSR count). The molecule has 0 fully saturated rings. The second-order valence-electron chi connectivity index (χ2n) is 4.62. The average Bonchev–Trinajstić information content (AvgIpc) is 2.44. The minimum atomic E-state index is 0.590. The predicted octanol–water partition coefficient (Wildman–Crippen LogP) is 2.40. The molecule has 5 nitrogen and oxygen atoms in total. The van der Waals surface area contributed by atoms with Gasteiger partial charge in [0.1, 0.15) is 12.1 Å². The van der Waals surface area contributed by atoms with Gasteiger partial charge in [-0.3, -0.25) is 0 Å². The topological polar surface area (TPSA) is 64.3 Å². The first-order chi connectivity index (χ1) is 9.63. The summed E-state index contributed by atoms with van der Waals surface area (Å²) < 4.78 is 5.50. The van der Waals surface area contributed by atoms with E-state index >= 15 is 0 Å². The Bertz CT molecular complexity index is 586. The number of nitrogen functional groups attached to an aromatic ring is 1. The lowest BCUT2D eigenvalue weighted by Gasteiger charge is -2.21. The van der Waals surface area contributed by atoms with E-state index in [-0.39, 0.29) is 0 Å². The van der Waals surface area contributed by atoms with Gasteiger partial charge in [-0.1, -0.05) is 18.2 Å². The highest BCUT2D eigenvalue weighted by molar-refractivity contribution is 5.53. The van der Waals surface area contributed by atoms with Crippen LogP contribution in [0, 0.1) is 6.92 Å². The summed E-state index contributed by atoms with van der Waals surface area (Å²) in [5, 5.41) is 0. The van der Waals surface area contributed by atoms with Crippen LogP contribution in [-0.4, -0.2) is 23.6 Å². The van der Waals surface area contributed by atoms with Gasteiger partial charge in [0.05, 0.1) is 12.2 Å². The number of aromatic nitrogens is 2. The van der Waals surface area contributed by atoms with Crippen LogP contribution in [0.4, 0.5) is 11.5 Å². The third-order valence-electron chi connectivity index (χ3n) is 3.12. The van der Waals surface area contributed by atoms with Crippen LogP contribution in [0.5, 0.6) is 5.88 Å². The van der Waals surface area contributed by atoms with Crippen LogP contribution < -0.4 is 15.4 Å². The highest BCUT2D eigenvalue weighted by Gasteiger charge is 2.12. The summed E-state index contributed by atoms with van der Waals surface area (Å²) in [6.45, 7) is 5.18. The minimum absolute atomic E-state index is 0.590. The molecule has 0 bridgehead atoms. The molecule has 0 saturated heterocycles. The molecule has 106 valence electrons. The summed E-state index contributed by atoms with van der Waals surface area (Å²) in [4.78, 5) is 10.5. The van der Waals surface area contributed by atoms with E-state index in [0.717, 1.165) is 22.6 Å². The number of para-hydroxylation sites is 1. The fourth-order valence-electron chi connectivity index (χ4n) is 2.10. The van der Waals surface area contributed by atoms with Crippen LogP contribution in [0.1, 0.15) is 18.1 Å². The molecule has 5 heteroatoms. The van der Waals surface area contributed by atoms with Crippen molar-refractivity contribution in [1.82, 2.24) is 9.97 Å². The first-order valence-electron chi connectivity index (χ1n) is 6.62. The van der Waals surface area contributed by atoms with Crippen molar-refractivity contribution in [2.24, 2.45) is 0 Å². The summed E-state index contributed by atoms with van der Waals surface area (Å²) >= 11 is 0. The highest BCUT2D eigenvalue weighted by atomic mass is 16.5. The first kappa shape index (κ1) is 14.1. The van der Waals surface area contributed by atoms with E-state index in [1.165, 1.54) is 6.33 Å². The molecular formula is C15H20N4O. The van der Waals surface area contributed by atoms with Crippen LogP contribution in [0.3, 0.4) is 0 Å². The van der Waals surface area contributed by atoms with Crippen molar-refractivity contribution in [3.63, 3.8) is 0 Å². The van der Waals surface area contributed by atoms with Crippen molar-refractivity contribution in [3.8, 4) is 5.88 Å². The van der Waals surface area contributed by atoms with Crippen molar-refractivity contribution in [1.29, 1.82) is 0 Å². The van der Waals surface area contributed by atoms with E-state index < -0.39 is 0 Å². The van der Waals surface area contributed by atoms with Crippen molar-refractivity contribution in [2.45, 2.75) is 20.4 Å². The maximum Gasteiger partial charge on any atom is 0.221 e. The van der Waals surface area contributed by atoms with E-state index in [9.17, 15) is 0 Å². The average molecular weight is 272 g/mol. The number of hydrogen-bond acceptors (Lipinski definition) is 5. The number of nitrogens with two attached hydrogens (primary N) is 1. The Hall–Kier alpha value is -2.30. The molecule has 0 atom stereocenters. The monoisotopic (exact) mass is 272 g/mol. The number of benzene rings is 1. The zero-order valence-electron chi connectivity index (χ0n) is 12.1. The Morgan fingerprint density at radius 1 is 1.25 bits per heavy atom. The van der Waals surface area contributed by atoms with Crippen molar-refractivity contribution in [3.05, 3.63) is 41.7 Å². The van der Waals surface area contributed by atoms with Crippen LogP contribution in [0.2, 0.25) is 0 Å². The molecule has 2 N–H and O–H groups in total. The molecule has 0 radical (unpaired) electrons. The Morgan fingerprint density at radius 3 is 2.70 bits per heavy atom. The lowest BCUT2D eigenvalue weighted by molar-refractivity contribution is 0.323. The molecule has 0 unspecified atom stereocenters. The van der Waals surface area contributed by atoms with Crippen LogP contribution >= 0.6 is 0 Å². The first-order valence-corrected chi connectivity index (χ1v) is 6.62. The lowest BCUT2D eigenvalue weighted by Crippen LogP contribution is -2.20. The van der Waals surface area contributed by atoms with Gasteiger partial charge in [-0.2, -0.15) is 0 Å². The molecule has 0 aliphatic heterocycles. The second-order valence-corrected chi connectivity index (χ2v) is 4.62. The Balaban J connectivity index is 2.23. The van der Waals surface area contributed by atoms with Gasteiger partial charge in [-0.25, -0.2) is 9.97 Å². The maximum absolute atomic E-state index is 5.98. The SMILES string of the molecule is CCOc1ncnc(N(C)Cc2ccccc2N)c1C. The zero-order chi connectivity index (χ0) is 14.5. The number of ether oxygens (including phenoxy) is 1. The maximum atomic E-state index is 5.98. The van der Waals surface area contributed by atoms with Crippen molar-refractivity contribution in [2.75, 3.05) is 24.3 Å². The number of hydrogen-bond donors (Lipinski definition) is 1. The standard InChI is InChI=1S/C15H20N4O/c1-4-20-15-11(2)14(17-10-18-15)19(3)9-12-7-5-6-8-13(12)16/h5-8,10H,4,9,16H2,1-3H3. The van der Waals surface area contributed by atoms with Gasteiger partial charge in [0.2, 0.25) is 5.88 Å². The quantitative estimate of drug-likeness (QED) is 0.847. The Morgan fingerprint density at radius 2 is 2.00 bits per heavy atom. The fourth-order valence-corrected chi connectivity index (χ4v) is 2.10. The smallest absolute Gasteiger partial charge is 0.221 e. The molecule has 2 aromatic rings. The largest absolute Gasteiger partial charge is 0.478 e. The van der Waals surface area contributed by atoms with Gasteiger partial charge in [0.15, 0.2) is 0 Å². The van der Waals surface area contributed by atoms with Gasteiger partial charge >= 0.3 is 0 Å². The molecule has 1 aromatic heterocycles. The van der Waals surface area contributed by atoms with E-state index in [2.05, 4.69) is 9.97 Å². The Labute approximate surface area is 119 Å².